The molecule has 0 unspecified atom stereocenters. The highest BCUT2D eigenvalue weighted by Crippen LogP contribution is 2.60. The molecule has 4 saturated carbocycles. The van der Waals surface area contributed by atoms with Crippen molar-refractivity contribution in [1.82, 2.24) is 9.55 Å². The van der Waals surface area contributed by atoms with Gasteiger partial charge in [-0.25, -0.2) is 9.78 Å². The minimum absolute atomic E-state index is 0.148. The van der Waals surface area contributed by atoms with Gasteiger partial charge >= 0.3 is 5.97 Å². The van der Waals surface area contributed by atoms with Crippen LogP contribution in [0.3, 0.4) is 0 Å². The van der Waals surface area contributed by atoms with Crippen molar-refractivity contribution in [2.45, 2.75) is 51.7 Å². The number of carboxylic acid groups (broad SMARTS) is 1. The second-order valence-electron chi connectivity index (χ2n) is 10.3. The van der Waals surface area contributed by atoms with Crippen LogP contribution in [0.4, 0.5) is 0 Å². The van der Waals surface area contributed by atoms with E-state index in [1.165, 1.54) is 31.4 Å². The predicted molar refractivity (Wildman–Crippen MR) is 123 cm³/mol. The van der Waals surface area contributed by atoms with E-state index in [2.05, 4.69) is 0 Å². The Bertz CT molecular complexity index is 1190. The van der Waals surface area contributed by atoms with Crippen LogP contribution >= 0.6 is 0 Å². The van der Waals surface area contributed by atoms with Crippen LogP contribution in [0.25, 0.3) is 11.0 Å². The van der Waals surface area contributed by atoms with E-state index in [1.807, 2.05) is 28.8 Å². The highest BCUT2D eigenvalue weighted by Gasteiger charge is 2.54. The van der Waals surface area contributed by atoms with Gasteiger partial charge in [0.1, 0.15) is 18.2 Å². The predicted octanol–water partition coefficient (Wildman–Crippen LogP) is 5.10. The number of Topliss-reactive ketones (excluding diaryl/α,β-unsaturated/α-hetero) is 1. The Morgan fingerprint density at radius 1 is 0.970 bits per heavy atom. The molecule has 0 aliphatic heterocycles. The molecule has 7 rings (SSSR count). The molecule has 4 fully saturated rings. The highest BCUT2D eigenvalue weighted by molar-refractivity contribution is 5.88. The molecule has 33 heavy (non-hydrogen) atoms. The monoisotopic (exact) mass is 444 g/mol. The number of carbonyl (C=O) groups excluding carboxylic acids is 1. The SMILES string of the molecule is O=C(O)c1ccc(OCc2nc3ccccc3n2CC(=O)C23CC4CC(CC(C4)C2)C3)cc1. The summed E-state index contributed by atoms with van der Waals surface area (Å²) in [6.45, 7) is 0.554. The Labute approximate surface area is 192 Å². The van der Waals surface area contributed by atoms with E-state index in [4.69, 9.17) is 14.8 Å². The van der Waals surface area contributed by atoms with Crippen molar-refractivity contribution >= 4 is 22.8 Å². The Morgan fingerprint density at radius 3 is 2.24 bits per heavy atom. The number of hydrogen-bond acceptors (Lipinski definition) is 4. The number of rotatable bonds is 7. The van der Waals surface area contributed by atoms with Crippen molar-refractivity contribution in [3.8, 4) is 5.75 Å². The fourth-order valence-electron chi connectivity index (χ4n) is 7.02. The fraction of sp³-hybridized carbons (Fsp3) is 0.444. The van der Waals surface area contributed by atoms with Crippen LogP contribution in [0.15, 0.2) is 48.5 Å². The number of hydrogen-bond donors (Lipinski definition) is 1. The molecule has 0 spiro atoms. The molecule has 0 amide bonds. The maximum absolute atomic E-state index is 13.8. The average molecular weight is 445 g/mol. The third-order valence-corrected chi connectivity index (χ3v) is 8.13. The van der Waals surface area contributed by atoms with Crippen LogP contribution in [-0.4, -0.2) is 26.4 Å². The first kappa shape index (κ1) is 20.5. The average Bonchev–Trinajstić information content (AvgIpc) is 3.14. The minimum Gasteiger partial charge on any atom is -0.486 e. The van der Waals surface area contributed by atoms with Gasteiger partial charge in [-0.15, -0.1) is 0 Å². The molecule has 2 aromatic carbocycles. The first-order valence-corrected chi connectivity index (χ1v) is 11.9. The van der Waals surface area contributed by atoms with Gasteiger partial charge in [-0.05, 0) is 92.7 Å². The van der Waals surface area contributed by atoms with Gasteiger partial charge in [0.05, 0.1) is 23.1 Å². The number of aromatic nitrogens is 2. The molecule has 170 valence electrons. The normalized spacial score (nSPS) is 27.7. The summed E-state index contributed by atoms with van der Waals surface area (Å²) in [6, 6.07) is 14.3. The number of carbonyl (C=O) groups is 2. The largest absolute Gasteiger partial charge is 0.486 e. The van der Waals surface area contributed by atoms with E-state index in [1.54, 1.807) is 12.1 Å². The molecule has 4 aliphatic carbocycles. The molecule has 1 aromatic heterocycles. The first-order chi connectivity index (χ1) is 16.0. The van der Waals surface area contributed by atoms with E-state index in [-0.39, 0.29) is 17.6 Å². The van der Waals surface area contributed by atoms with Crippen molar-refractivity contribution in [2.24, 2.45) is 23.2 Å². The summed E-state index contributed by atoms with van der Waals surface area (Å²) in [5.41, 5.74) is 1.88. The molecule has 1 N–H and O–H groups in total. The number of ether oxygens (including phenoxy) is 1. The lowest BCUT2D eigenvalue weighted by Crippen LogP contribution is -2.50. The van der Waals surface area contributed by atoms with Crippen molar-refractivity contribution in [2.75, 3.05) is 0 Å². The van der Waals surface area contributed by atoms with Crippen molar-refractivity contribution in [3.63, 3.8) is 0 Å². The lowest BCUT2D eigenvalue weighted by molar-refractivity contribution is -0.144. The highest BCUT2D eigenvalue weighted by atomic mass is 16.5. The molecular weight excluding hydrogens is 416 g/mol. The maximum Gasteiger partial charge on any atom is 0.335 e. The zero-order chi connectivity index (χ0) is 22.6. The van der Waals surface area contributed by atoms with E-state index >= 15 is 0 Å². The van der Waals surface area contributed by atoms with E-state index in [0.717, 1.165) is 53.9 Å². The summed E-state index contributed by atoms with van der Waals surface area (Å²) in [7, 11) is 0. The summed E-state index contributed by atoms with van der Waals surface area (Å²) in [5, 5.41) is 9.09. The minimum atomic E-state index is -0.966. The number of imidazole rings is 1. The Hall–Kier alpha value is -3.15. The van der Waals surface area contributed by atoms with Gasteiger partial charge in [-0.2, -0.15) is 0 Å². The molecule has 0 radical (unpaired) electrons. The Balaban J connectivity index is 1.26. The number of aromatic carboxylic acids is 1. The third-order valence-electron chi connectivity index (χ3n) is 8.13. The Kier molecular flexibility index (Phi) is 4.78. The van der Waals surface area contributed by atoms with Gasteiger partial charge in [0, 0.05) is 5.41 Å². The van der Waals surface area contributed by atoms with E-state index < -0.39 is 5.97 Å². The molecule has 1 heterocycles. The standard InChI is InChI=1S/C27H28N2O4/c30-24(27-12-17-9-18(13-27)11-19(10-17)14-27)15-29-23-4-2-1-3-22(23)28-25(29)16-33-21-7-5-20(6-8-21)26(31)32/h1-8,17-19H,9-16H2,(H,31,32). The van der Waals surface area contributed by atoms with Gasteiger partial charge in [0.25, 0.3) is 0 Å². The molecule has 4 aliphatic rings. The van der Waals surface area contributed by atoms with Gasteiger partial charge < -0.3 is 14.4 Å². The van der Waals surface area contributed by atoms with Crippen LogP contribution in [0, 0.1) is 23.2 Å². The maximum atomic E-state index is 13.8. The van der Waals surface area contributed by atoms with Crippen molar-refractivity contribution < 1.29 is 19.4 Å². The number of ketones is 1. The summed E-state index contributed by atoms with van der Waals surface area (Å²) >= 11 is 0. The molecule has 6 nitrogen and oxygen atoms in total. The lowest BCUT2D eigenvalue weighted by Gasteiger charge is -2.56. The van der Waals surface area contributed by atoms with Crippen molar-refractivity contribution in [3.05, 3.63) is 59.9 Å². The van der Waals surface area contributed by atoms with E-state index in [9.17, 15) is 9.59 Å². The number of carboxylic acids is 1. The molecule has 0 atom stereocenters. The van der Waals surface area contributed by atoms with Crippen LogP contribution in [-0.2, 0) is 17.9 Å². The molecular formula is C27H28N2O4. The first-order valence-electron chi connectivity index (χ1n) is 11.9. The third kappa shape index (κ3) is 3.62. The second-order valence-corrected chi connectivity index (χ2v) is 10.3. The Morgan fingerprint density at radius 2 is 1.61 bits per heavy atom. The molecule has 0 saturated heterocycles. The van der Waals surface area contributed by atoms with Gasteiger partial charge in [-0.1, -0.05) is 12.1 Å². The quantitative estimate of drug-likeness (QED) is 0.548. The van der Waals surface area contributed by atoms with Gasteiger partial charge in [0.2, 0.25) is 0 Å². The number of benzene rings is 2. The molecule has 6 heteroatoms. The zero-order valence-electron chi connectivity index (χ0n) is 18.6. The van der Waals surface area contributed by atoms with Crippen LogP contribution in [0.2, 0.25) is 0 Å². The summed E-state index contributed by atoms with van der Waals surface area (Å²) in [4.78, 5) is 29.6. The van der Waals surface area contributed by atoms with Crippen LogP contribution in [0.5, 0.6) is 5.75 Å². The fourth-order valence-corrected chi connectivity index (χ4v) is 7.02. The summed E-state index contributed by atoms with van der Waals surface area (Å²) in [6.07, 6.45) is 7.14. The van der Waals surface area contributed by atoms with Crippen molar-refractivity contribution in [1.29, 1.82) is 0 Å². The molecule has 3 aromatic rings. The van der Waals surface area contributed by atoms with Crippen LogP contribution in [0.1, 0.15) is 54.7 Å². The van der Waals surface area contributed by atoms with Crippen LogP contribution < -0.4 is 4.74 Å². The summed E-state index contributed by atoms with van der Waals surface area (Å²) in [5.74, 6) is 2.88. The number of para-hydroxylation sites is 2. The number of nitrogens with zero attached hydrogens (tertiary/aromatic N) is 2. The molecule has 4 bridgehead atoms. The number of fused-ring (bicyclic) bond motifs is 1. The van der Waals surface area contributed by atoms with Gasteiger partial charge in [-0.3, -0.25) is 4.79 Å². The topological polar surface area (TPSA) is 81.4 Å². The van der Waals surface area contributed by atoms with E-state index in [0.29, 0.717) is 18.1 Å². The lowest BCUT2D eigenvalue weighted by atomic mass is 9.48. The zero-order valence-corrected chi connectivity index (χ0v) is 18.6. The second kappa shape index (κ2) is 7.72. The summed E-state index contributed by atoms with van der Waals surface area (Å²) < 4.78 is 7.97. The smallest absolute Gasteiger partial charge is 0.335 e. The van der Waals surface area contributed by atoms with Gasteiger partial charge in [0.15, 0.2) is 5.78 Å².